The van der Waals surface area contributed by atoms with E-state index in [9.17, 15) is 88.0 Å². The summed E-state index contributed by atoms with van der Waals surface area (Å²) in [4.78, 5) is 12.6. The van der Waals surface area contributed by atoms with Gasteiger partial charge in [0, 0.05) is 11.8 Å². The summed E-state index contributed by atoms with van der Waals surface area (Å²) in [6, 6.07) is 0. The predicted molar refractivity (Wildman–Crippen MR) is 227 cm³/mol. The second kappa shape index (κ2) is 24.5. The first kappa shape index (κ1) is 62.2. The highest BCUT2D eigenvalue weighted by Crippen LogP contribution is 2.41. The van der Waals surface area contributed by atoms with Crippen LogP contribution in [-0.4, -0.2) is 231 Å². The number of hydrogen-bond acceptors (Lipinski definition) is 29. The van der Waals surface area contributed by atoms with Gasteiger partial charge < -0.3 is 84.0 Å². The maximum Gasteiger partial charge on any atom is 0.397 e. The van der Waals surface area contributed by atoms with E-state index in [4.69, 9.17) is 51.4 Å². The Morgan fingerprint density at radius 1 is 0.466 bits per heavy atom. The molecule has 5 saturated heterocycles. The first-order chi connectivity index (χ1) is 33.5. The summed E-state index contributed by atoms with van der Waals surface area (Å²) in [6.45, 7) is 5.80. The Bertz CT molecular complexity index is 2300. The van der Waals surface area contributed by atoms with Gasteiger partial charge in [-0.1, -0.05) is 34.6 Å². The van der Waals surface area contributed by atoms with Crippen LogP contribution in [0.15, 0.2) is 0 Å². The van der Waals surface area contributed by atoms with E-state index in [0.717, 1.165) is 0 Å². The molecule has 0 aliphatic carbocycles. The average Bonchev–Trinajstić information content (AvgIpc) is 3.27. The first-order valence-corrected chi connectivity index (χ1v) is 27.4. The molecule has 34 nitrogen and oxygen atoms in total. The van der Waals surface area contributed by atoms with Crippen LogP contribution in [0.5, 0.6) is 0 Å². The van der Waals surface area contributed by atoms with Crippen LogP contribution in [0.3, 0.4) is 0 Å². The number of aliphatic hydroxyl groups is 5. The summed E-state index contributed by atoms with van der Waals surface area (Å²) in [6.07, 6.45) is -37.7. The molecule has 0 aromatic heterocycles. The van der Waals surface area contributed by atoms with Crippen molar-refractivity contribution in [3.63, 3.8) is 0 Å². The zero-order chi connectivity index (χ0) is 55.0. The number of hydroxylamine groups is 1. The summed E-state index contributed by atoms with van der Waals surface area (Å²) >= 11 is 0. The zero-order valence-electron chi connectivity index (χ0n) is 39.0. The fourth-order valence-corrected chi connectivity index (χ4v) is 10.2. The maximum absolute atomic E-state index is 12.6. The van der Waals surface area contributed by atoms with Gasteiger partial charge in [-0.3, -0.25) is 18.2 Å². The molecule has 0 saturated carbocycles. The van der Waals surface area contributed by atoms with Crippen LogP contribution in [0.1, 0.15) is 41.5 Å². The van der Waals surface area contributed by atoms with Crippen LogP contribution in [0.4, 0.5) is 0 Å². The van der Waals surface area contributed by atoms with Gasteiger partial charge >= 0.3 is 47.6 Å². The third-order valence-corrected chi connectivity index (χ3v) is 15.0. The molecule has 0 bridgehead atoms. The van der Waals surface area contributed by atoms with Crippen molar-refractivity contribution in [3.05, 3.63) is 5.21 Å². The standard InChI is InChI=1S/C35H60NO33S4/c1-10-11(2)24(17(60-15(10)6)8-58-71(48,49)50)64-35-28(69-73(54,55)56)23(41)27(30(36-44)68-35)66-32-13(4)12(3)25(18(62-32)9-59-72(51,52)53)63-34-22(40)21(39)26(29(67-34)31(42)43)65-33-14(5)19(37)20(38)16(61-33)7-57-70(45,46)47/h10-30,32-41H,7-9H2,1-6H3,(H,42,43)(H,45,46,47)(H,48,49,50)(H,51,52,53)(H,54,55,56)/q-1/t10?,11-,12-,13?,14?,15-,16?,17?,18?,19-,20-,21-,22?,23?,24+,25+,26+,27+,28?,29?,30-,32-,33-,34-,35-/m1/s1. The fraction of sp³-hybridized carbons (Fsp3) is 0.971. The Morgan fingerprint density at radius 3 is 1.42 bits per heavy atom. The Hall–Kier alpha value is -1.69. The van der Waals surface area contributed by atoms with Crippen molar-refractivity contribution in [2.45, 2.75) is 164 Å². The number of ether oxygens (including phenoxy) is 9. The molecule has 0 radical (unpaired) electrons. The van der Waals surface area contributed by atoms with E-state index in [0.29, 0.717) is 0 Å². The van der Waals surface area contributed by atoms with Crippen LogP contribution >= 0.6 is 0 Å². The SMILES string of the molecule is CC1[C@@H](O[C@H]2C(O)C(OS(=O)(=O)O)[C@H](O[C@@H]3C(COS(=O)(=O)O)O[C@H](C)C(C)[C@H]3C)O[C@H]2N[O-])OC(COS(=O)(=O)O)[C@@H](O[C@@H]2OC(C(=O)O)[C@@H](O[C@H]3OC(COS(=O)(=O)O)[C@@H](O)[C@H](O)C3C)[C@H](O)C2O)[C@@H]1C. The molecule has 38 heteroatoms. The molecule has 5 rings (SSSR count). The lowest BCUT2D eigenvalue weighted by Crippen LogP contribution is -2.67. The van der Waals surface area contributed by atoms with Gasteiger partial charge in [0.25, 0.3) is 0 Å². The molecule has 5 heterocycles. The predicted octanol–water partition coefficient (Wildman–Crippen LogP) is -5.03. The molecule has 5 aliphatic heterocycles. The minimum absolute atomic E-state index is 0.384. The number of carboxylic acid groups (broad SMARTS) is 1. The number of aliphatic carboxylic acids is 1. The summed E-state index contributed by atoms with van der Waals surface area (Å²) in [5, 5.41) is 78.0. The monoisotopic (exact) mass is 1150 g/mol. The van der Waals surface area contributed by atoms with E-state index in [2.05, 4.69) is 12.5 Å². The van der Waals surface area contributed by atoms with Crippen LogP contribution < -0.4 is 5.48 Å². The van der Waals surface area contributed by atoms with E-state index < -0.39 is 214 Å². The Morgan fingerprint density at radius 2 is 0.918 bits per heavy atom. The van der Waals surface area contributed by atoms with E-state index in [-0.39, 0.29) is 5.92 Å². The Kier molecular flexibility index (Phi) is 20.9. The van der Waals surface area contributed by atoms with Gasteiger partial charge in [0.05, 0.1) is 44.2 Å². The molecular weight excluding hydrogens is 1090 g/mol. The van der Waals surface area contributed by atoms with E-state index in [1.54, 1.807) is 20.8 Å². The highest BCUT2D eigenvalue weighted by atomic mass is 32.3. The molecule has 0 aromatic rings. The van der Waals surface area contributed by atoms with Crippen molar-refractivity contribution in [3.8, 4) is 0 Å². The lowest BCUT2D eigenvalue weighted by Gasteiger charge is -2.51. The van der Waals surface area contributed by atoms with Crippen molar-refractivity contribution in [1.29, 1.82) is 0 Å². The van der Waals surface area contributed by atoms with Gasteiger partial charge in [-0.15, -0.1) is 0 Å². The molecule has 11 N–H and O–H groups in total. The molecule has 25 atom stereocenters. The van der Waals surface area contributed by atoms with Crippen LogP contribution in [0.2, 0.25) is 0 Å². The van der Waals surface area contributed by atoms with Crippen LogP contribution in [0.25, 0.3) is 0 Å². The second-order valence-corrected chi connectivity index (χ2v) is 22.4. The van der Waals surface area contributed by atoms with E-state index in [1.807, 2.05) is 0 Å². The Labute approximate surface area is 417 Å². The van der Waals surface area contributed by atoms with E-state index in [1.165, 1.54) is 26.3 Å². The number of carbonyl (C=O) groups is 1. The average molecular weight is 1150 g/mol. The van der Waals surface area contributed by atoms with Crippen LogP contribution in [0, 0.1) is 34.8 Å². The van der Waals surface area contributed by atoms with Crippen molar-refractivity contribution in [2.24, 2.45) is 29.6 Å². The lowest BCUT2D eigenvalue weighted by molar-refractivity contribution is -0.377. The molecule has 428 valence electrons. The number of hydrogen-bond donors (Lipinski definition) is 11. The summed E-state index contributed by atoms with van der Waals surface area (Å²) in [7, 11) is -21.0. The number of aliphatic hydroxyl groups excluding tert-OH is 5. The van der Waals surface area contributed by atoms with Gasteiger partial charge in [-0.2, -0.15) is 33.7 Å². The molecule has 10 unspecified atom stereocenters. The highest BCUT2D eigenvalue weighted by Gasteiger charge is 2.57. The van der Waals surface area contributed by atoms with Gasteiger partial charge in [0.1, 0.15) is 61.2 Å². The number of nitrogens with one attached hydrogen (secondary N) is 1. The van der Waals surface area contributed by atoms with Crippen molar-refractivity contribution in [2.75, 3.05) is 19.8 Å². The number of carboxylic acids is 1. The normalized spacial score (nSPS) is 44.4. The maximum atomic E-state index is 12.6. The molecule has 0 amide bonds. The zero-order valence-corrected chi connectivity index (χ0v) is 42.3. The molecule has 73 heavy (non-hydrogen) atoms. The first-order valence-electron chi connectivity index (χ1n) is 21.9. The minimum Gasteiger partial charge on any atom is -0.786 e. The molecule has 0 aromatic carbocycles. The largest absolute Gasteiger partial charge is 0.786 e. The van der Waals surface area contributed by atoms with Crippen molar-refractivity contribution in [1.82, 2.24) is 5.48 Å². The molecular formula is C35H60NO33S4-. The van der Waals surface area contributed by atoms with Gasteiger partial charge in [-0.25, -0.2) is 21.5 Å². The lowest BCUT2D eigenvalue weighted by atomic mass is 9.82. The molecule has 5 fully saturated rings. The second-order valence-electron chi connectivity index (χ2n) is 18.0. The summed E-state index contributed by atoms with van der Waals surface area (Å²) in [5.41, 5.74) is 1.44. The summed E-state index contributed by atoms with van der Waals surface area (Å²) < 4.78 is 200. The van der Waals surface area contributed by atoms with E-state index >= 15 is 0 Å². The molecule has 5 aliphatic rings. The van der Waals surface area contributed by atoms with Gasteiger partial charge in [-0.05, 0) is 24.7 Å². The molecule has 0 spiro atoms. The van der Waals surface area contributed by atoms with Gasteiger partial charge in [0.2, 0.25) is 0 Å². The fourth-order valence-electron chi connectivity index (χ4n) is 8.82. The topological polar surface area (TPSA) is 511 Å². The van der Waals surface area contributed by atoms with Crippen molar-refractivity contribution >= 4 is 47.6 Å². The smallest absolute Gasteiger partial charge is 0.397 e. The Balaban J connectivity index is 1.37. The third-order valence-electron chi connectivity index (χ3n) is 13.3. The van der Waals surface area contributed by atoms with Crippen molar-refractivity contribution < 1.29 is 147 Å². The summed E-state index contributed by atoms with van der Waals surface area (Å²) in [5.74, 6) is -6.33. The third kappa shape index (κ3) is 16.0. The van der Waals surface area contributed by atoms with Gasteiger partial charge in [0.15, 0.2) is 37.4 Å². The quantitative estimate of drug-likeness (QED) is 0.0379. The minimum atomic E-state index is -5.54. The highest BCUT2D eigenvalue weighted by molar-refractivity contribution is 7.81. The van der Waals surface area contributed by atoms with Crippen LogP contribution in [-0.2, 0) is 106 Å². The number of rotatable bonds is 21.